The Morgan fingerprint density at radius 2 is 1.93 bits per heavy atom. The number of benzene rings is 1. The third-order valence-electron chi connectivity index (χ3n) is 6.04. The number of fused-ring (bicyclic) bond motifs is 3. The molecule has 0 fully saturated rings. The predicted octanol–water partition coefficient (Wildman–Crippen LogP) is 5.40. The van der Waals surface area contributed by atoms with Gasteiger partial charge in [-0.05, 0) is 75.0 Å². The minimum absolute atomic E-state index is 0.612. The van der Waals surface area contributed by atoms with E-state index in [9.17, 15) is 5.26 Å². The van der Waals surface area contributed by atoms with Gasteiger partial charge in [-0.1, -0.05) is 39.8 Å². The largest absolute Gasteiger partial charge is 0.371 e. The highest BCUT2D eigenvalue weighted by atomic mass is 15.1. The van der Waals surface area contributed by atoms with Gasteiger partial charge in [-0.3, -0.25) is 4.40 Å². The molecule has 0 aliphatic rings. The molecule has 1 N–H and O–H groups in total. The van der Waals surface area contributed by atoms with Crippen molar-refractivity contribution >= 4 is 22.5 Å². The minimum atomic E-state index is 0.612. The van der Waals surface area contributed by atoms with Gasteiger partial charge < -0.3 is 10.2 Å². The van der Waals surface area contributed by atoms with Crippen molar-refractivity contribution in [1.82, 2.24) is 14.3 Å². The Balaban J connectivity index is 2.08. The van der Waals surface area contributed by atoms with Gasteiger partial charge >= 0.3 is 0 Å². The third-order valence-corrected chi connectivity index (χ3v) is 6.04. The quantitative estimate of drug-likeness (QED) is 0.459. The van der Waals surface area contributed by atoms with Crippen molar-refractivity contribution in [2.24, 2.45) is 5.92 Å². The van der Waals surface area contributed by atoms with Crippen molar-refractivity contribution in [3.05, 3.63) is 41.0 Å². The van der Waals surface area contributed by atoms with E-state index in [0.29, 0.717) is 11.5 Å². The van der Waals surface area contributed by atoms with E-state index in [4.69, 9.17) is 4.98 Å². The molecule has 0 unspecified atom stereocenters. The fraction of sp³-hybridized carbons (Fsp3) is 0.520. The predicted molar refractivity (Wildman–Crippen MR) is 126 cm³/mol. The van der Waals surface area contributed by atoms with Crippen LogP contribution in [-0.2, 0) is 6.42 Å². The molecule has 5 heteroatoms. The van der Waals surface area contributed by atoms with Gasteiger partial charge in [-0.2, -0.15) is 5.26 Å². The summed E-state index contributed by atoms with van der Waals surface area (Å²) in [4.78, 5) is 7.27. The average molecular weight is 406 g/mol. The maximum Gasteiger partial charge on any atom is 0.157 e. The molecule has 0 atom stereocenters. The SMILES string of the molecule is CCN(CC)CCCNc1c(CCC(C)C)c(C)c(C#N)c2nc3ccccc3n12. The first kappa shape index (κ1) is 22.1. The second kappa shape index (κ2) is 9.95. The first-order valence-corrected chi connectivity index (χ1v) is 11.3. The highest BCUT2D eigenvalue weighted by Gasteiger charge is 2.20. The number of hydrogen-bond donors (Lipinski definition) is 1. The van der Waals surface area contributed by atoms with Crippen LogP contribution in [-0.4, -0.2) is 40.5 Å². The number of imidazole rings is 1. The molecule has 0 saturated heterocycles. The summed E-state index contributed by atoms with van der Waals surface area (Å²) in [6.45, 7) is 15.2. The van der Waals surface area contributed by atoms with Crippen LogP contribution in [0.1, 0.15) is 57.2 Å². The molecule has 0 amide bonds. The summed E-state index contributed by atoms with van der Waals surface area (Å²) in [7, 11) is 0. The first-order chi connectivity index (χ1) is 14.5. The molecule has 1 aromatic carbocycles. The lowest BCUT2D eigenvalue weighted by Crippen LogP contribution is -2.25. The number of rotatable bonds is 10. The summed E-state index contributed by atoms with van der Waals surface area (Å²) < 4.78 is 2.17. The molecule has 0 radical (unpaired) electrons. The standard InChI is InChI=1S/C25H35N5/c1-6-29(7-2)16-10-15-27-24-20(14-13-18(3)4)19(5)21(17-26)25-28-22-11-8-9-12-23(22)30(24)25/h8-9,11-12,18,27H,6-7,10,13-16H2,1-5H3. The zero-order valence-corrected chi connectivity index (χ0v) is 19.1. The van der Waals surface area contributed by atoms with Gasteiger partial charge in [0.15, 0.2) is 5.65 Å². The number of anilines is 1. The Hall–Kier alpha value is -2.58. The van der Waals surface area contributed by atoms with E-state index >= 15 is 0 Å². The van der Waals surface area contributed by atoms with Crippen LogP contribution in [0.25, 0.3) is 16.7 Å². The molecule has 2 heterocycles. The fourth-order valence-electron chi connectivity index (χ4n) is 4.16. The second-order valence-electron chi connectivity index (χ2n) is 8.44. The summed E-state index contributed by atoms with van der Waals surface area (Å²) >= 11 is 0. The van der Waals surface area contributed by atoms with Gasteiger partial charge in [0.1, 0.15) is 11.9 Å². The Morgan fingerprint density at radius 1 is 1.20 bits per heavy atom. The van der Waals surface area contributed by atoms with Crippen molar-refractivity contribution in [2.75, 3.05) is 31.5 Å². The highest BCUT2D eigenvalue weighted by Crippen LogP contribution is 2.32. The summed E-state index contributed by atoms with van der Waals surface area (Å²) in [5.41, 5.74) is 5.75. The van der Waals surface area contributed by atoms with E-state index in [1.165, 1.54) is 5.56 Å². The monoisotopic (exact) mass is 405 g/mol. The van der Waals surface area contributed by atoms with Crippen LogP contribution in [0.3, 0.4) is 0 Å². The lowest BCUT2D eigenvalue weighted by molar-refractivity contribution is 0.303. The van der Waals surface area contributed by atoms with E-state index in [-0.39, 0.29) is 0 Å². The van der Waals surface area contributed by atoms with Crippen LogP contribution in [0.4, 0.5) is 5.82 Å². The molecule has 0 bridgehead atoms. The Kier molecular flexibility index (Phi) is 7.33. The van der Waals surface area contributed by atoms with E-state index < -0.39 is 0 Å². The molecule has 0 saturated carbocycles. The molecule has 0 spiro atoms. The number of hydrogen-bond acceptors (Lipinski definition) is 4. The van der Waals surface area contributed by atoms with Gasteiger partial charge in [0.2, 0.25) is 0 Å². The molecule has 3 aromatic rings. The van der Waals surface area contributed by atoms with Crippen LogP contribution >= 0.6 is 0 Å². The molecular formula is C25H35N5. The van der Waals surface area contributed by atoms with Crippen molar-refractivity contribution in [3.63, 3.8) is 0 Å². The van der Waals surface area contributed by atoms with E-state index in [2.05, 4.69) is 61.4 Å². The Bertz CT molecular complexity index is 1040. The normalized spacial score (nSPS) is 11.7. The molecule has 0 aliphatic heterocycles. The van der Waals surface area contributed by atoms with Crippen molar-refractivity contribution in [1.29, 1.82) is 5.26 Å². The van der Waals surface area contributed by atoms with Crippen molar-refractivity contribution in [2.45, 2.75) is 53.9 Å². The molecule has 160 valence electrons. The van der Waals surface area contributed by atoms with Crippen molar-refractivity contribution < 1.29 is 0 Å². The van der Waals surface area contributed by atoms with Crippen molar-refractivity contribution in [3.8, 4) is 6.07 Å². The number of aromatic nitrogens is 2. The fourth-order valence-corrected chi connectivity index (χ4v) is 4.16. The Labute approximate surface area is 180 Å². The first-order valence-electron chi connectivity index (χ1n) is 11.3. The number of nitrogens with one attached hydrogen (secondary N) is 1. The maximum atomic E-state index is 9.93. The number of nitriles is 1. The van der Waals surface area contributed by atoms with Crippen LogP contribution in [0.15, 0.2) is 24.3 Å². The summed E-state index contributed by atoms with van der Waals surface area (Å²) in [6, 6.07) is 10.6. The lowest BCUT2D eigenvalue weighted by Gasteiger charge is -2.21. The Morgan fingerprint density at radius 3 is 2.60 bits per heavy atom. The molecule has 5 nitrogen and oxygen atoms in total. The summed E-state index contributed by atoms with van der Waals surface area (Å²) in [6.07, 6.45) is 3.13. The molecular weight excluding hydrogens is 370 g/mol. The smallest absolute Gasteiger partial charge is 0.157 e. The van der Waals surface area contributed by atoms with Crippen LogP contribution < -0.4 is 5.32 Å². The number of nitrogens with zero attached hydrogens (tertiary/aromatic N) is 4. The summed E-state index contributed by atoms with van der Waals surface area (Å²) in [5, 5.41) is 13.7. The highest BCUT2D eigenvalue weighted by molar-refractivity contribution is 5.86. The minimum Gasteiger partial charge on any atom is -0.371 e. The lowest BCUT2D eigenvalue weighted by atomic mass is 9.97. The molecule has 30 heavy (non-hydrogen) atoms. The summed E-state index contributed by atoms with van der Waals surface area (Å²) in [5.74, 6) is 1.72. The zero-order valence-electron chi connectivity index (χ0n) is 19.1. The van der Waals surface area contributed by atoms with E-state index in [1.54, 1.807) is 0 Å². The van der Waals surface area contributed by atoms with Gasteiger partial charge in [0, 0.05) is 6.54 Å². The van der Waals surface area contributed by atoms with Gasteiger partial charge in [-0.15, -0.1) is 0 Å². The topological polar surface area (TPSA) is 56.4 Å². The molecule has 2 aromatic heterocycles. The van der Waals surface area contributed by atoms with Crippen LogP contribution in [0, 0.1) is 24.2 Å². The average Bonchev–Trinajstić information content (AvgIpc) is 3.12. The second-order valence-corrected chi connectivity index (χ2v) is 8.44. The maximum absolute atomic E-state index is 9.93. The number of para-hydroxylation sites is 2. The number of pyridine rings is 1. The van der Waals surface area contributed by atoms with E-state index in [0.717, 1.165) is 73.5 Å². The van der Waals surface area contributed by atoms with Gasteiger partial charge in [0.25, 0.3) is 0 Å². The molecule has 0 aliphatic carbocycles. The van der Waals surface area contributed by atoms with Gasteiger partial charge in [0.05, 0.1) is 16.6 Å². The third kappa shape index (κ3) is 4.44. The molecule has 3 rings (SSSR count). The van der Waals surface area contributed by atoms with Crippen LogP contribution in [0.2, 0.25) is 0 Å². The van der Waals surface area contributed by atoms with Gasteiger partial charge in [-0.25, -0.2) is 4.98 Å². The zero-order chi connectivity index (χ0) is 21.7. The van der Waals surface area contributed by atoms with Crippen LogP contribution in [0.5, 0.6) is 0 Å². The van der Waals surface area contributed by atoms with E-state index in [1.807, 2.05) is 18.2 Å².